The van der Waals surface area contributed by atoms with E-state index in [1.54, 1.807) is 12.1 Å². The number of nitrogens with zero attached hydrogens (tertiary/aromatic N) is 1. The molecule has 1 heterocycles. The van der Waals surface area contributed by atoms with Crippen LogP contribution in [0.2, 0.25) is 0 Å². The lowest BCUT2D eigenvalue weighted by Gasteiger charge is -2.33. The quantitative estimate of drug-likeness (QED) is 0.822. The molecule has 0 bridgehead atoms. The molecule has 3 nitrogen and oxygen atoms in total. The van der Waals surface area contributed by atoms with Crippen LogP contribution >= 0.6 is 0 Å². The van der Waals surface area contributed by atoms with Gasteiger partial charge in [-0.2, -0.15) is 0 Å². The maximum atomic E-state index is 13.0. The fourth-order valence-electron chi connectivity index (χ4n) is 3.41. The van der Waals surface area contributed by atoms with Gasteiger partial charge in [-0.3, -0.25) is 4.79 Å². The number of hydrogen-bond acceptors (Lipinski definition) is 2. The molecule has 24 heavy (non-hydrogen) atoms. The van der Waals surface area contributed by atoms with Crippen molar-refractivity contribution in [3.8, 4) is 0 Å². The van der Waals surface area contributed by atoms with Crippen molar-refractivity contribution in [3.63, 3.8) is 0 Å². The summed E-state index contributed by atoms with van der Waals surface area (Å²) < 4.78 is 13.0. The van der Waals surface area contributed by atoms with Crippen LogP contribution in [0.5, 0.6) is 0 Å². The first-order valence-electron chi connectivity index (χ1n) is 9.18. The van der Waals surface area contributed by atoms with Crippen molar-refractivity contribution in [1.29, 1.82) is 0 Å². The zero-order chi connectivity index (χ0) is 17.5. The number of nitrogens with one attached hydrogen (secondary N) is 1. The molecule has 4 heteroatoms. The van der Waals surface area contributed by atoms with Gasteiger partial charge in [0.2, 0.25) is 5.91 Å². The van der Waals surface area contributed by atoms with Gasteiger partial charge >= 0.3 is 0 Å². The summed E-state index contributed by atoms with van der Waals surface area (Å²) in [6.07, 6.45) is 2.79. The molecule has 1 aliphatic rings. The Balaban J connectivity index is 1.67. The first-order valence-corrected chi connectivity index (χ1v) is 9.18. The Morgan fingerprint density at radius 3 is 2.42 bits per heavy atom. The second kappa shape index (κ2) is 9.16. The first-order chi connectivity index (χ1) is 11.4. The summed E-state index contributed by atoms with van der Waals surface area (Å²) in [7, 11) is 0. The van der Waals surface area contributed by atoms with E-state index in [-0.39, 0.29) is 17.6 Å². The number of benzene rings is 1. The van der Waals surface area contributed by atoms with Gasteiger partial charge in [-0.05, 0) is 61.4 Å². The van der Waals surface area contributed by atoms with Crippen LogP contribution in [0.15, 0.2) is 24.3 Å². The summed E-state index contributed by atoms with van der Waals surface area (Å²) in [5, 5.41) is 3.09. The SMILES string of the molecule is CC(C)CN1CCC(CNC(=O)CC(C)c2ccc(F)cc2)CC1. The Labute approximate surface area is 145 Å². The smallest absolute Gasteiger partial charge is 0.220 e. The average Bonchev–Trinajstić information content (AvgIpc) is 2.54. The molecule has 1 atom stereocenters. The van der Waals surface area contributed by atoms with Crippen molar-refractivity contribution in [2.24, 2.45) is 11.8 Å². The summed E-state index contributed by atoms with van der Waals surface area (Å²) >= 11 is 0. The van der Waals surface area contributed by atoms with Crippen molar-refractivity contribution >= 4 is 5.91 Å². The van der Waals surface area contributed by atoms with Gasteiger partial charge in [0.25, 0.3) is 0 Å². The predicted molar refractivity (Wildman–Crippen MR) is 96.4 cm³/mol. The number of rotatable bonds is 7. The highest BCUT2D eigenvalue weighted by Crippen LogP contribution is 2.20. The standard InChI is InChI=1S/C20H31FN2O/c1-15(2)14-23-10-8-17(9-11-23)13-22-20(24)12-16(3)18-4-6-19(21)7-5-18/h4-7,15-17H,8-14H2,1-3H3,(H,22,24). The van der Waals surface area contributed by atoms with Crippen LogP contribution in [0, 0.1) is 17.7 Å². The first kappa shape index (κ1) is 18.9. The van der Waals surface area contributed by atoms with E-state index in [1.165, 1.54) is 31.5 Å². The van der Waals surface area contributed by atoms with Crippen LogP contribution in [0.25, 0.3) is 0 Å². The van der Waals surface area contributed by atoms with Crippen LogP contribution in [-0.4, -0.2) is 37.0 Å². The highest BCUT2D eigenvalue weighted by molar-refractivity contribution is 5.76. The lowest BCUT2D eigenvalue weighted by atomic mass is 9.95. The number of hydrogen-bond donors (Lipinski definition) is 1. The van der Waals surface area contributed by atoms with E-state index in [0.717, 1.165) is 25.2 Å². The monoisotopic (exact) mass is 334 g/mol. The van der Waals surface area contributed by atoms with E-state index in [2.05, 4.69) is 24.1 Å². The largest absolute Gasteiger partial charge is 0.356 e. The third-order valence-corrected chi connectivity index (χ3v) is 4.85. The Hall–Kier alpha value is -1.42. The molecule has 1 fully saturated rings. The third-order valence-electron chi connectivity index (χ3n) is 4.85. The minimum atomic E-state index is -0.237. The fourth-order valence-corrected chi connectivity index (χ4v) is 3.41. The Morgan fingerprint density at radius 1 is 1.21 bits per heavy atom. The van der Waals surface area contributed by atoms with Gasteiger partial charge < -0.3 is 10.2 Å². The van der Waals surface area contributed by atoms with Crippen LogP contribution in [0.3, 0.4) is 0 Å². The summed E-state index contributed by atoms with van der Waals surface area (Å²) in [5.41, 5.74) is 1.01. The molecule has 1 aromatic rings. The van der Waals surface area contributed by atoms with E-state index >= 15 is 0 Å². The van der Waals surface area contributed by atoms with E-state index in [1.807, 2.05) is 6.92 Å². The van der Waals surface area contributed by atoms with Gasteiger partial charge in [-0.1, -0.05) is 32.9 Å². The van der Waals surface area contributed by atoms with Crippen molar-refractivity contribution < 1.29 is 9.18 Å². The Bertz CT molecular complexity index is 507. The molecule has 134 valence electrons. The minimum absolute atomic E-state index is 0.0939. The van der Waals surface area contributed by atoms with Crippen LogP contribution < -0.4 is 5.32 Å². The van der Waals surface area contributed by atoms with Crippen molar-refractivity contribution in [1.82, 2.24) is 10.2 Å². The van der Waals surface area contributed by atoms with Crippen molar-refractivity contribution in [2.75, 3.05) is 26.2 Å². The molecule has 1 aliphatic heterocycles. The van der Waals surface area contributed by atoms with E-state index in [4.69, 9.17) is 0 Å². The highest BCUT2D eigenvalue weighted by atomic mass is 19.1. The van der Waals surface area contributed by atoms with E-state index in [0.29, 0.717) is 18.3 Å². The number of amides is 1. The van der Waals surface area contributed by atoms with Gasteiger partial charge in [0, 0.05) is 19.5 Å². The second-order valence-corrected chi connectivity index (χ2v) is 7.60. The molecule has 2 rings (SSSR count). The number of piperidine rings is 1. The number of likely N-dealkylation sites (tertiary alicyclic amines) is 1. The zero-order valence-corrected chi connectivity index (χ0v) is 15.2. The molecule has 0 aliphatic carbocycles. The Morgan fingerprint density at radius 2 is 1.83 bits per heavy atom. The molecule has 0 spiro atoms. The predicted octanol–water partition coefficient (Wildman–Crippen LogP) is 3.80. The Kier molecular flexibility index (Phi) is 7.22. The summed E-state index contributed by atoms with van der Waals surface area (Å²) in [6, 6.07) is 6.43. The second-order valence-electron chi connectivity index (χ2n) is 7.60. The maximum absolute atomic E-state index is 13.0. The third kappa shape index (κ3) is 6.23. The molecule has 0 radical (unpaired) electrons. The van der Waals surface area contributed by atoms with Gasteiger partial charge in [-0.25, -0.2) is 4.39 Å². The molecule has 1 N–H and O–H groups in total. The molecule has 0 aromatic heterocycles. The van der Waals surface area contributed by atoms with Crippen molar-refractivity contribution in [2.45, 2.75) is 46.0 Å². The van der Waals surface area contributed by atoms with Crippen LogP contribution in [-0.2, 0) is 4.79 Å². The maximum Gasteiger partial charge on any atom is 0.220 e. The number of carbonyl (C=O) groups is 1. The lowest BCUT2D eigenvalue weighted by molar-refractivity contribution is -0.121. The van der Waals surface area contributed by atoms with Gasteiger partial charge in [0.1, 0.15) is 5.82 Å². The minimum Gasteiger partial charge on any atom is -0.356 e. The molecule has 1 aromatic carbocycles. The van der Waals surface area contributed by atoms with Crippen molar-refractivity contribution in [3.05, 3.63) is 35.6 Å². The van der Waals surface area contributed by atoms with Crippen LogP contribution in [0.4, 0.5) is 4.39 Å². The van der Waals surface area contributed by atoms with E-state index < -0.39 is 0 Å². The summed E-state index contributed by atoms with van der Waals surface area (Å²) in [6.45, 7) is 10.8. The average molecular weight is 334 g/mol. The normalized spacial score (nSPS) is 17.9. The number of halogens is 1. The molecule has 1 amide bonds. The topological polar surface area (TPSA) is 32.3 Å². The zero-order valence-electron chi connectivity index (χ0n) is 15.2. The fraction of sp³-hybridized carbons (Fsp3) is 0.650. The number of carbonyl (C=O) groups excluding carboxylic acids is 1. The molecule has 1 saturated heterocycles. The van der Waals surface area contributed by atoms with Gasteiger partial charge in [0.05, 0.1) is 0 Å². The summed E-state index contributed by atoms with van der Waals surface area (Å²) in [4.78, 5) is 14.7. The molecule has 1 unspecified atom stereocenters. The molecule has 0 saturated carbocycles. The highest BCUT2D eigenvalue weighted by Gasteiger charge is 2.20. The van der Waals surface area contributed by atoms with Gasteiger partial charge in [0.15, 0.2) is 0 Å². The lowest BCUT2D eigenvalue weighted by Crippen LogP contribution is -2.40. The van der Waals surface area contributed by atoms with Gasteiger partial charge in [-0.15, -0.1) is 0 Å². The molecular formula is C20H31FN2O. The summed E-state index contributed by atoms with van der Waals surface area (Å²) in [5.74, 6) is 1.28. The van der Waals surface area contributed by atoms with E-state index in [9.17, 15) is 9.18 Å². The molecular weight excluding hydrogens is 303 g/mol. The van der Waals surface area contributed by atoms with Crippen LogP contribution in [0.1, 0.15) is 51.5 Å².